The van der Waals surface area contributed by atoms with E-state index in [4.69, 9.17) is 21.1 Å². The second-order valence-corrected chi connectivity index (χ2v) is 8.52. The van der Waals surface area contributed by atoms with Crippen LogP contribution in [-0.4, -0.2) is 66.9 Å². The Hall–Kier alpha value is -1.37. The summed E-state index contributed by atoms with van der Waals surface area (Å²) < 4.78 is 11.9. The third-order valence-electron chi connectivity index (χ3n) is 5.89. The molecule has 6 nitrogen and oxygen atoms in total. The van der Waals surface area contributed by atoms with Gasteiger partial charge in [0.2, 0.25) is 5.91 Å². The summed E-state index contributed by atoms with van der Waals surface area (Å²) in [6, 6.07) is 3.81. The Labute approximate surface area is 165 Å². The summed E-state index contributed by atoms with van der Waals surface area (Å²) in [5.41, 5.74) is -0.306. The highest BCUT2D eigenvalue weighted by atomic mass is 35.5. The topological polar surface area (TPSA) is 54.9 Å². The summed E-state index contributed by atoms with van der Waals surface area (Å²) in [5, 5.41) is 0.644. The normalized spacial score (nSPS) is 29.9. The standard InChI is InChI=1S/C20H28ClN3O3/c1-15-12-24(13-20(27-15)7-2-10-26-14-20)19(25)16-5-8-23(9-6-16)18-4-3-17(21)11-22-18/h3-4,11,15-16H,2,5-10,12-14H2,1H3/t15-,20+/m0/s1. The van der Waals surface area contributed by atoms with Crippen molar-refractivity contribution < 1.29 is 14.3 Å². The average molecular weight is 394 g/mol. The summed E-state index contributed by atoms with van der Waals surface area (Å²) in [6.07, 6.45) is 5.43. The molecule has 4 heterocycles. The van der Waals surface area contributed by atoms with Gasteiger partial charge in [-0.05, 0) is 44.7 Å². The van der Waals surface area contributed by atoms with Crippen molar-refractivity contribution in [2.75, 3.05) is 44.3 Å². The highest BCUT2D eigenvalue weighted by Gasteiger charge is 2.43. The molecule has 0 N–H and O–H groups in total. The third kappa shape index (κ3) is 4.23. The fourth-order valence-electron chi connectivity index (χ4n) is 4.61. The molecule has 0 radical (unpaired) electrons. The van der Waals surface area contributed by atoms with Crippen LogP contribution in [0.15, 0.2) is 18.3 Å². The van der Waals surface area contributed by atoms with Crippen molar-refractivity contribution in [3.63, 3.8) is 0 Å². The Kier molecular flexibility index (Phi) is 5.58. The third-order valence-corrected chi connectivity index (χ3v) is 6.11. The van der Waals surface area contributed by atoms with Crippen LogP contribution in [0.25, 0.3) is 0 Å². The van der Waals surface area contributed by atoms with Gasteiger partial charge in [0.1, 0.15) is 11.4 Å². The van der Waals surface area contributed by atoms with Crippen LogP contribution in [0.2, 0.25) is 5.02 Å². The van der Waals surface area contributed by atoms with E-state index in [-0.39, 0.29) is 23.5 Å². The largest absolute Gasteiger partial charge is 0.378 e. The summed E-state index contributed by atoms with van der Waals surface area (Å²) >= 11 is 5.92. The van der Waals surface area contributed by atoms with Gasteiger partial charge in [-0.15, -0.1) is 0 Å². The molecule has 0 aliphatic carbocycles. The maximum atomic E-state index is 13.2. The van der Waals surface area contributed by atoms with Crippen molar-refractivity contribution in [2.45, 2.75) is 44.3 Å². The number of morpholine rings is 1. The van der Waals surface area contributed by atoms with Crippen LogP contribution >= 0.6 is 11.6 Å². The van der Waals surface area contributed by atoms with Crippen molar-refractivity contribution in [3.8, 4) is 0 Å². The van der Waals surface area contributed by atoms with Crippen molar-refractivity contribution in [3.05, 3.63) is 23.4 Å². The number of piperidine rings is 1. The Morgan fingerprint density at radius 2 is 2.15 bits per heavy atom. The number of carbonyl (C=O) groups excluding carboxylic acids is 1. The molecule has 1 spiro atoms. The van der Waals surface area contributed by atoms with Crippen LogP contribution < -0.4 is 4.90 Å². The van der Waals surface area contributed by atoms with Crippen LogP contribution in [0.1, 0.15) is 32.6 Å². The van der Waals surface area contributed by atoms with Gasteiger partial charge in [-0.1, -0.05) is 11.6 Å². The van der Waals surface area contributed by atoms with E-state index < -0.39 is 0 Å². The van der Waals surface area contributed by atoms with Gasteiger partial charge in [0.05, 0.1) is 24.3 Å². The maximum Gasteiger partial charge on any atom is 0.226 e. The fourth-order valence-corrected chi connectivity index (χ4v) is 4.72. The van der Waals surface area contributed by atoms with Crippen LogP contribution in [0, 0.1) is 5.92 Å². The van der Waals surface area contributed by atoms with Crippen molar-refractivity contribution in [1.29, 1.82) is 0 Å². The number of nitrogens with zero attached hydrogens (tertiary/aromatic N) is 3. The van der Waals surface area contributed by atoms with Crippen molar-refractivity contribution in [1.82, 2.24) is 9.88 Å². The van der Waals surface area contributed by atoms with E-state index in [9.17, 15) is 4.79 Å². The number of hydrogen-bond acceptors (Lipinski definition) is 5. The van der Waals surface area contributed by atoms with Crippen molar-refractivity contribution >= 4 is 23.3 Å². The summed E-state index contributed by atoms with van der Waals surface area (Å²) in [6.45, 7) is 6.49. The summed E-state index contributed by atoms with van der Waals surface area (Å²) in [4.78, 5) is 21.9. The molecule has 4 rings (SSSR count). The van der Waals surface area contributed by atoms with Gasteiger partial charge in [-0.3, -0.25) is 4.79 Å². The lowest BCUT2D eigenvalue weighted by Gasteiger charge is -2.48. The van der Waals surface area contributed by atoms with Gasteiger partial charge in [0, 0.05) is 38.4 Å². The average Bonchev–Trinajstić information content (AvgIpc) is 2.68. The summed E-state index contributed by atoms with van der Waals surface area (Å²) in [5.74, 6) is 1.29. The lowest BCUT2D eigenvalue weighted by atomic mass is 9.90. The van der Waals surface area contributed by atoms with Crippen LogP contribution in [0.5, 0.6) is 0 Å². The smallest absolute Gasteiger partial charge is 0.226 e. The van der Waals surface area contributed by atoms with Gasteiger partial charge in [0.15, 0.2) is 0 Å². The number of ether oxygens (including phenoxy) is 2. The zero-order valence-electron chi connectivity index (χ0n) is 15.9. The first-order valence-electron chi connectivity index (χ1n) is 9.96. The Morgan fingerprint density at radius 3 is 2.81 bits per heavy atom. The minimum absolute atomic E-state index is 0.0581. The molecule has 3 aliphatic rings. The molecule has 0 bridgehead atoms. The number of carbonyl (C=O) groups is 1. The molecule has 0 saturated carbocycles. The molecule has 3 fully saturated rings. The zero-order chi connectivity index (χ0) is 18.9. The molecule has 148 valence electrons. The molecule has 27 heavy (non-hydrogen) atoms. The minimum atomic E-state index is -0.306. The number of anilines is 1. The SMILES string of the molecule is C[C@H]1CN(C(=O)C2CCN(c3ccc(Cl)cn3)CC2)C[C@@]2(CCCOC2)O1. The first-order chi connectivity index (χ1) is 13.0. The van der Waals surface area contributed by atoms with Crippen LogP contribution in [-0.2, 0) is 14.3 Å². The fraction of sp³-hybridized carbons (Fsp3) is 0.700. The Morgan fingerprint density at radius 1 is 1.33 bits per heavy atom. The van der Waals surface area contributed by atoms with E-state index in [2.05, 4.69) is 16.8 Å². The van der Waals surface area contributed by atoms with Gasteiger partial charge in [-0.2, -0.15) is 0 Å². The molecule has 1 aromatic rings. The quantitative estimate of drug-likeness (QED) is 0.773. The first kappa shape index (κ1) is 19.0. The highest BCUT2D eigenvalue weighted by molar-refractivity contribution is 6.30. The second-order valence-electron chi connectivity index (χ2n) is 8.08. The second kappa shape index (κ2) is 7.94. The summed E-state index contributed by atoms with van der Waals surface area (Å²) in [7, 11) is 0. The van der Waals surface area contributed by atoms with Gasteiger partial charge in [-0.25, -0.2) is 4.98 Å². The number of aromatic nitrogens is 1. The molecular formula is C20H28ClN3O3. The zero-order valence-corrected chi connectivity index (χ0v) is 16.7. The Balaban J connectivity index is 1.36. The van der Waals surface area contributed by atoms with Gasteiger partial charge in [0.25, 0.3) is 0 Å². The van der Waals surface area contributed by atoms with Crippen LogP contribution in [0.4, 0.5) is 5.82 Å². The number of halogens is 1. The lowest BCUT2D eigenvalue weighted by Crippen LogP contribution is -2.61. The number of rotatable bonds is 2. The molecular weight excluding hydrogens is 366 g/mol. The molecule has 7 heteroatoms. The lowest BCUT2D eigenvalue weighted by molar-refractivity contribution is -0.200. The molecule has 1 aromatic heterocycles. The Bertz CT molecular complexity index is 655. The van der Waals surface area contributed by atoms with Crippen molar-refractivity contribution in [2.24, 2.45) is 5.92 Å². The van der Waals surface area contributed by atoms with E-state index in [0.29, 0.717) is 24.7 Å². The monoisotopic (exact) mass is 393 g/mol. The highest BCUT2D eigenvalue weighted by Crippen LogP contribution is 2.32. The minimum Gasteiger partial charge on any atom is -0.378 e. The molecule has 3 aliphatic heterocycles. The van der Waals surface area contributed by atoms with Gasteiger partial charge < -0.3 is 19.3 Å². The maximum absolute atomic E-state index is 13.2. The van der Waals surface area contributed by atoms with E-state index in [1.165, 1.54) is 0 Å². The molecule has 0 aromatic carbocycles. The molecule has 0 unspecified atom stereocenters. The number of hydrogen-bond donors (Lipinski definition) is 0. The predicted octanol–water partition coefficient (Wildman–Crippen LogP) is 2.75. The van der Waals surface area contributed by atoms with Crippen LogP contribution in [0.3, 0.4) is 0 Å². The first-order valence-corrected chi connectivity index (χ1v) is 10.3. The van der Waals surface area contributed by atoms with E-state index >= 15 is 0 Å². The molecule has 2 atom stereocenters. The number of pyridine rings is 1. The number of amides is 1. The van der Waals surface area contributed by atoms with Gasteiger partial charge >= 0.3 is 0 Å². The molecule has 1 amide bonds. The van der Waals surface area contributed by atoms with E-state index in [1.807, 2.05) is 17.0 Å². The van der Waals surface area contributed by atoms with E-state index in [1.54, 1.807) is 6.20 Å². The van der Waals surface area contributed by atoms with E-state index in [0.717, 1.165) is 51.2 Å². The molecule has 3 saturated heterocycles. The predicted molar refractivity (Wildman–Crippen MR) is 104 cm³/mol.